The summed E-state index contributed by atoms with van der Waals surface area (Å²) in [6.07, 6.45) is 3.62. The van der Waals surface area contributed by atoms with E-state index in [0.717, 1.165) is 16.9 Å². The number of piperidine rings is 1. The van der Waals surface area contributed by atoms with Crippen molar-refractivity contribution in [3.05, 3.63) is 26.7 Å². The van der Waals surface area contributed by atoms with Gasteiger partial charge in [0, 0.05) is 33.3 Å². The van der Waals surface area contributed by atoms with Gasteiger partial charge in [-0.15, -0.1) is 0 Å². The fourth-order valence-electron chi connectivity index (χ4n) is 3.73. The van der Waals surface area contributed by atoms with E-state index < -0.39 is 0 Å². The number of aromatic nitrogens is 4. The minimum Gasteiger partial charge on any atom is -0.380 e. The molecule has 2 aromatic heterocycles. The molecule has 8 nitrogen and oxygen atoms in total. The third kappa shape index (κ3) is 3.35. The van der Waals surface area contributed by atoms with Crippen LogP contribution in [0.3, 0.4) is 0 Å². The van der Waals surface area contributed by atoms with Crippen LogP contribution in [0.1, 0.15) is 38.9 Å². The largest absolute Gasteiger partial charge is 0.380 e. The lowest BCUT2D eigenvalue weighted by Crippen LogP contribution is -2.38. The zero-order valence-corrected chi connectivity index (χ0v) is 16.2. The van der Waals surface area contributed by atoms with Gasteiger partial charge in [0.05, 0.1) is 13.2 Å². The lowest BCUT2D eigenvalue weighted by Gasteiger charge is -2.33. The van der Waals surface area contributed by atoms with Gasteiger partial charge in [0.15, 0.2) is 11.2 Å². The van der Waals surface area contributed by atoms with Crippen LogP contribution in [0.25, 0.3) is 11.2 Å². The average molecular weight is 363 g/mol. The maximum Gasteiger partial charge on any atom is 0.332 e. The van der Waals surface area contributed by atoms with Crippen LogP contribution in [0.5, 0.6) is 0 Å². The summed E-state index contributed by atoms with van der Waals surface area (Å²) in [6, 6.07) is 0.496. The number of imidazole rings is 1. The number of hydrogen-bond donors (Lipinski definition) is 0. The first kappa shape index (κ1) is 18.8. The van der Waals surface area contributed by atoms with Crippen molar-refractivity contribution < 1.29 is 4.74 Å². The number of rotatable bonds is 6. The summed E-state index contributed by atoms with van der Waals surface area (Å²) in [7, 11) is 3.17. The number of fused-ring (bicyclic) bond motifs is 1. The van der Waals surface area contributed by atoms with Crippen molar-refractivity contribution in [1.82, 2.24) is 23.6 Å². The van der Waals surface area contributed by atoms with Gasteiger partial charge in [-0.05, 0) is 33.2 Å². The van der Waals surface area contributed by atoms with Gasteiger partial charge < -0.3 is 9.30 Å². The van der Waals surface area contributed by atoms with E-state index in [1.807, 2.05) is 11.5 Å². The fourth-order valence-corrected chi connectivity index (χ4v) is 3.73. The third-order valence-corrected chi connectivity index (χ3v) is 5.38. The van der Waals surface area contributed by atoms with Crippen molar-refractivity contribution in [2.24, 2.45) is 14.1 Å². The summed E-state index contributed by atoms with van der Waals surface area (Å²) >= 11 is 0. The zero-order valence-electron chi connectivity index (χ0n) is 16.2. The van der Waals surface area contributed by atoms with Gasteiger partial charge in [0.2, 0.25) is 0 Å². The Kier molecular flexibility index (Phi) is 5.62. The second kappa shape index (κ2) is 7.75. The van der Waals surface area contributed by atoms with Crippen LogP contribution >= 0.6 is 0 Å². The van der Waals surface area contributed by atoms with Crippen molar-refractivity contribution in [2.45, 2.75) is 52.2 Å². The van der Waals surface area contributed by atoms with Crippen molar-refractivity contribution >= 4 is 11.2 Å². The molecule has 1 aliphatic rings. The Hall–Kier alpha value is -1.93. The number of hydrogen-bond acceptors (Lipinski definition) is 5. The van der Waals surface area contributed by atoms with Crippen LogP contribution in [-0.4, -0.2) is 49.4 Å². The minimum absolute atomic E-state index is 0.301. The van der Waals surface area contributed by atoms with Crippen LogP contribution in [-0.2, 0) is 31.9 Å². The molecule has 0 aromatic carbocycles. The van der Waals surface area contributed by atoms with Crippen molar-refractivity contribution in [2.75, 3.05) is 19.8 Å². The highest BCUT2D eigenvalue weighted by Gasteiger charge is 2.24. The topological polar surface area (TPSA) is 74.3 Å². The van der Waals surface area contributed by atoms with E-state index in [1.165, 1.54) is 30.9 Å². The van der Waals surface area contributed by atoms with Crippen LogP contribution in [0.15, 0.2) is 9.59 Å². The molecule has 26 heavy (non-hydrogen) atoms. The van der Waals surface area contributed by atoms with Crippen molar-refractivity contribution in [1.29, 1.82) is 0 Å². The second-order valence-corrected chi connectivity index (χ2v) is 7.07. The highest BCUT2D eigenvalue weighted by atomic mass is 16.5. The van der Waals surface area contributed by atoms with E-state index in [1.54, 1.807) is 7.05 Å². The first-order valence-electron chi connectivity index (χ1n) is 9.42. The molecule has 1 saturated heterocycles. The highest BCUT2D eigenvalue weighted by molar-refractivity contribution is 5.71. The Balaban J connectivity index is 2.09. The van der Waals surface area contributed by atoms with E-state index in [4.69, 9.17) is 9.72 Å². The fraction of sp³-hybridized carbons (Fsp3) is 0.722. The molecular formula is C18H29N5O3. The van der Waals surface area contributed by atoms with Gasteiger partial charge >= 0.3 is 5.69 Å². The van der Waals surface area contributed by atoms with Gasteiger partial charge in [-0.1, -0.05) is 6.42 Å². The first-order chi connectivity index (χ1) is 12.5. The highest BCUT2D eigenvalue weighted by Crippen LogP contribution is 2.20. The monoisotopic (exact) mass is 363 g/mol. The second-order valence-electron chi connectivity index (χ2n) is 7.07. The summed E-state index contributed by atoms with van der Waals surface area (Å²) in [6.45, 7) is 7.59. The van der Waals surface area contributed by atoms with Gasteiger partial charge in [-0.25, -0.2) is 9.78 Å². The molecule has 0 bridgehead atoms. The molecule has 8 heteroatoms. The molecule has 1 aliphatic heterocycles. The first-order valence-corrected chi connectivity index (χ1v) is 9.42. The lowest BCUT2D eigenvalue weighted by molar-refractivity contribution is 0.131. The average Bonchev–Trinajstić information content (AvgIpc) is 2.99. The van der Waals surface area contributed by atoms with Crippen molar-refractivity contribution in [3.8, 4) is 0 Å². The van der Waals surface area contributed by atoms with Crippen LogP contribution in [0.4, 0.5) is 0 Å². The Morgan fingerprint density at radius 3 is 2.65 bits per heavy atom. The number of ether oxygens (including phenoxy) is 1. The molecule has 1 atom stereocenters. The van der Waals surface area contributed by atoms with E-state index >= 15 is 0 Å². The molecule has 3 rings (SSSR count). The van der Waals surface area contributed by atoms with E-state index in [9.17, 15) is 9.59 Å². The Labute approximate surface area is 153 Å². The smallest absolute Gasteiger partial charge is 0.332 e. The molecule has 0 aliphatic carbocycles. The van der Waals surface area contributed by atoms with Gasteiger partial charge in [0.25, 0.3) is 5.56 Å². The summed E-state index contributed by atoms with van der Waals surface area (Å²) in [5.74, 6) is 0.826. The maximum atomic E-state index is 12.8. The summed E-state index contributed by atoms with van der Waals surface area (Å²) in [4.78, 5) is 32.1. The molecule has 2 aromatic rings. The lowest BCUT2D eigenvalue weighted by atomic mass is 10.0. The van der Waals surface area contributed by atoms with E-state index in [2.05, 4.69) is 11.8 Å². The molecule has 144 valence electrons. The Morgan fingerprint density at radius 2 is 1.96 bits per heavy atom. The van der Waals surface area contributed by atoms with Crippen LogP contribution in [0, 0.1) is 0 Å². The zero-order chi connectivity index (χ0) is 18.8. The normalized spacial score (nSPS) is 18.7. The Bertz CT molecular complexity index is 895. The quantitative estimate of drug-likeness (QED) is 0.711. The summed E-state index contributed by atoms with van der Waals surface area (Å²) in [5.41, 5.74) is 0.281. The molecule has 0 amide bonds. The SMILES string of the molecule is CCOCCn1c(CN2CCCC[C@H]2C)nc2c1c(=O)n(C)c(=O)n2C. The van der Waals surface area contributed by atoms with Gasteiger partial charge in [0.1, 0.15) is 5.82 Å². The predicted octanol–water partition coefficient (Wildman–Crippen LogP) is 0.845. The standard InChI is InChI=1S/C18H29N5O3/c1-5-26-11-10-23-14(12-22-9-7-6-8-13(22)2)19-16-15(23)17(24)21(4)18(25)20(16)3/h13H,5-12H2,1-4H3/t13-/m1/s1. The Morgan fingerprint density at radius 1 is 1.19 bits per heavy atom. The van der Waals surface area contributed by atoms with Gasteiger partial charge in [-0.3, -0.25) is 18.8 Å². The summed E-state index contributed by atoms with van der Waals surface area (Å²) < 4.78 is 10.0. The molecule has 1 fully saturated rings. The van der Waals surface area contributed by atoms with Crippen LogP contribution < -0.4 is 11.2 Å². The van der Waals surface area contributed by atoms with E-state index in [0.29, 0.717) is 43.5 Å². The molecule has 0 saturated carbocycles. The summed E-state index contributed by atoms with van der Waals surface area (Å²) in [5, 5.41) is 0. The van der Waals surface area contributed by atoms with Gasteiger partial charge in [-0.2, -0.15) is 0 Å². The number of likely N-dealkylation sites (tertiary alicyclic amines) is 1. The molecular weight excluding hydrogens is 334 g/mol. The number of aryl methyl sites for hydroxylation is 1. The molecule has 0 spiro atoms. The minimum atomic E-state index is -0.352. The molecule has 0 N–H and O–H groups in total. The third-order valence-electron chi connectivity index (χ3n) is 5.38. The predicted molar refractivity (Wildman–Crippen MR) is 100 cm³/mol. The number of nitrogens with zero attached hydrogens (tertiary/aromatic N) is 5. The molecule has 0 unspecified atom stereocenters. The van der Waals surface area contributed by atoms with Crippen molar-refractivity contribution in [3.63, 3.8) is 0 Å². The maximum absolute atomic E-state index is 12.8. The molecule has 3 heterocycles. The van der Waals surface area contributed by atoms with Crippen LogP contribution in [0.2, 0.25) is 0 Å². The van der Waals surface area contributed by atoms with E-state index in [-0.39, 0.29) is 11.2 Å². The molecule has 0 radical (unpaired) electrons.